The first-order valence-electron chi connectivity index (χ1n) is 4.47. The van der Waals surface area contributed by atoms with Crippen LogP contribution in [0.15, 0.2) is 4.42 Å². The molecular formula is C9H17N3O. The molecule has 13 heavy (non-hydrogen) atoms. The molecule has 0 fully saturated rings. The first-order valence-corrected chi connectivity index (χ1v) is 4.47. The monoisotopic (exact) mass is 183 g/mol. The smallest absolute Gasteiger partial charge is 0.230 e. The normalized spacial score (nSPS) is 14.5. The minimum absolute atomic E-state index is 0.137. The van der Waals surface area contributed by atoms with Gasteiger partial charge >= 0.3 is 0 Å². The summed E-state index contributed by atoms with van der Waals surface area (Å²) in [5.41, 5.74) is 5.51. The van der Waals surface area contributed by atoms with Crippen LogP contribution in [0.5, 0.6) is 0 Å². The lowest BCUT2D eigenvalue weighted by molar-refractivity contribution is 0.283. The van der Waals surface area contributed by atoms with Gasteiger partial charge in [-0.05, 0) is 5.41 Å². The van der Waals surface area contributed by atoms with Crippen LogP contribution < -0.4 is 5.73 Å². The van der Waals surface area contributed by atoms with E-state index in [2.05, 4.69) is 37.9 Å². The molecule has 0 amide bonds. The Bertz CT molecular complexity index is 275. The molecule has 0 saturated heterocycles. The molecule has 0 saturated carbocycles. The van der Waals surface area contributed by atoms with Crippen LogP contribution in [-0.4, -0.2) is 10.2 Å². The predicted octanol–water partition coefficient (Wildman–Crippen LogP) is 1.68. The number of rotatable bonds is 2. The standard InChI is InChI=1S/C9H17N3O/c1-6(9(2,3)4)8-12-11-7(5-10)13-8/h6H,5,10H2,1-4H3. The number of hydrogen-bond acceptors (Lipinski definition) is 4. The molecule has 1 heterocycles. The molecule has 0 aliphatic rings. The lowest BCUT2D eigenvalue weighted by Crippen LogP contribution is -2.15. The third-order valence-corrected chi connectivity index (χ3v) is 2.33. The van der Waals surface area contributed by atoms with Crippen LogP contribution in [0.1, 0.15) is 45.4 Å². The van der Waals surface area contributed by atoms with E-state index in [9.17, 15) is 0 Å². The maximum absolute atomic E-state index is 5.38. The molecule has 0 spiro atoms. The van der Waals surface area contributed by atoms with Crippen LogP contribution in [0.4, 0.5) is 0 Å². The minimum Gasteiger partial charge on any atom is -0.424 e. The van der Waals surface area contributed by atoms with Crippen LogP contribution >= 0.6 is 0 Å². The molecule has 0 aromatic carbocycles. The Kier molecular flexibility index (Phi) is 2.71. The Hall–Kier alpha value is -0.900. The molecule has 4 nitrogen and oxygen atoms in total. The fraction of sp³-hybridized carbons (Fsp3) is 0.778. The average molecular weight is 183 g/mol. The predicted molar refractivity (Wildman–Crippen MR) is 50.1 cm³/mol. The number of hydrogen-bond donors (Lipinski definition) is 1. The summed E-state index contributed by atoms with van der Waals surface area (Å²) >= 11 is 0. The number of aromatic nitrogens is 2. The van der Waals surface area contributed by atoms with Gasteiger partial charge in [-0.1, -0.05) is 27.7 Å². The van der Waals surface area contributed by atoms with Crippen LogP contribution in [0.3, 0.4) is 0 Å². The van der Waals surface area contributed by atoms with E-state index in [-0.39, 0.29) is 11.3 Å². The maximum atomic E-state index is 5.38. The molecule has 0 bridgehead atoms. The first kappa shape index (κ1) is 10.2. The molecule has 1 rings (SSSR count). The zero-order chi connectivity index (χ0) is 10.1. The lowest BCUT2D eigenvalue weighted by Gasteiger charge is -2.23. The highest BCUT2D eigenvalue weighted by molar-refractivity contribution is 4.94. The van der Waals surface area contributed by atoms with Gasteiger partial charge in [0.05, 0.1) is 6.54 Å². The van der Waals surface area contributed by atoms with E-state index >= 15 is 0 Å². The highest BCUT2D eigenvalue weighted by Crippen LogP contribution is 2.33. The Labute approximate surface area is 78.5 Å². The largest absolute Gasteiger partial charge is 0.424 e. The highest BCUT2D eigenvalue weighted by Gasteiger charge is 2.26. The second kappa shape index (κ2) is 3.46. The van der Waals surface area contributed by atoms with Crippen molar-refractivity contribution in [2.45, 2.75) is 40.2 Å². The summed E-state index contributed by atoms with van der Waals surface area (Å²) in [6.45, 7) is 8.82. The zero-order valence-electron chi connectivity index (χ0n) is 8.66. The SMILES string of the molecule is CC(c1nnc(CN)o1)C(C)(C)C. The third-order valence-electron chi connectivity index (χ3n) is 2.33. The summed E-state index contributed by atoms with van der Waals surface area (Å²) in [6.07, 6.45) is 0. The summed E-state index contributed by atoms with van der Waals surface area (Å²) in [5, 5.41) is 7.78. The topological polar surface area (TPSA) is 64.9 Å². The van der Waals surface area contributed by atoms with Gasteiger partial charge in [0, 0.05) is 5.92 Å². The Balaban J connectivity index is 2.83. The van der Waals surface area contributed by atoms with Gasteiger partial charge in [-0.15, -0.1) is 10.2 Å². The van der Waals surface area contributed by atoms with E-state index in [0.29, 0.717) is 18.3 Å². The van der Waals surface area contributed by atoms with Gasteiger partial charge in [0.25, 0.3) is 0 Å². The van der Waals surface area contributed by atoms with E-state index in [1.165, 1.54) is 0 Å². The van der Waals surface area contributed by atoms with Gasteiger partial charge in [0.15, 0.2) is 0 Å². The van der Waals surface area contributed by atoms with Crippen LogP contribution in [-0.2, 0) is 6.54 Å². The van der Waals surface area contributed by atoms with E-state index in [4.69, 9.17) is 10.2 Å². The summed E-state index contributed by atoms with van der Waals surface area (Å²) < 4.78 is 5.37. The maximum Gasteiger partial charge on any atom is 0.230 e. The van der Waals surface area contributed by atoms with Crippen molar-refractivity contribution in [1.29, 1.82) is 0 Å². The number of nitrogens with zero attached hydrogens (tertiary/aromatic N) is 2. The molecule has 1 unspecified atom stereocenters. The fourth-order valence-electron chi connectivity index (χ4n) is 0.894. The van der Waals surface area contributed by atoms with E-state index in [1.54, 1.807) is 0 Å². The first-order chi connectivity index (χ1) is 5.95. The summed E-state index contributed by atoms with van der Waals surface area (Å²) in [5.74, 6) is 1.43. The summed E-state index contributed by atoms with van der Waals surface area (Å²) in [4.78, 5) is 0. The second-order valence-electron chi connectivity index (χ2n) is 4.33. The van der Waals surface area contributed by atoms with Crippen LogP contribution in [0.2, 0.25) is 0 Å². The summed E-state index contributed by atoms with van der Waals surface area (Å²) in [6, 6.07) is 0. The third kappa shape index (κ3) is 2.28. The van der Waals surface area contributed by atoms with Crippen molar-refractivity contribution in [1.82, 2.24) is 10.2 Å². The molecular weight excluding hydrogens is 166 g/mol. The minimum atomic E-state index is 0.137. The second-order valence-corrected chi connectivity index (χ2v) is 4.33. The molecule has 0 radical (unpaired) electrons. The number of nitrogens with two attached hydrogens (primary N) is 1. The molecule has 74 valence electrons. The highest BCUT2D eigenvalue weighted by atomic mass is 16.4. The molecule has 0 aliphatic carbocycles. The van der Waals surface area contributed by atoms with E-state index in [1.807, 2.05) is 0 Å². The van der Waals surface area contributed by atoms with Gasteiger partial charge in [0.1, 0.15) is 0 Å². The molecule has 1 atom stereocenters. The van der Waals surface area contributed by atoms with Crippen molar-refractivity contribution in [3.63, 3.8) is 0 Å². The van der Waals surface area contributed by atoms with Gasteiger partial charge in [-0.25, -0.2) is 0 Å². The van der Waals surface area contributed by atoms with Crippen LogP contribution in [0.25, 0.3) is 0 Å². The Morgan fingerprint density at radius 2 is 2.00 bits per heavy atom. The quantitative estimate of drug-likeness (QED) is 0.757. The van der Waals surface area contributed by atoms with Gasteiger partial charge < -0.3 is 10.2 Å². The van der Waals surface area contributed by atoms with Crippen molar-refractivity contribution in [3.8, 4) is 0 Å². The zero-order valence-corrected chi connectivity index (χ0v) is 8.66. The Morgan fingerprint density at radius 1 is 1.38 bits per heavy atom. The lowest BCUT2D eigenvalue weighted by atomic mass is 9.82. The van der Waals surface area contributed by atoms with Crippen molar-refractivity contribution >= 4 is 0 Å². The van der Waals surface area contributed by atoms with Crippen molar-refractivity contribution in [2.24, 2.45) is 11.1 Å². The van der Waals surface area contributed by atoms with Gasteiger partial charge in [-0.2, -0.15) is 0 Å². The van der Waals surface area contributed by atoms with Crippen molar-refractivity contribution in [2.75, 3.05) is 0 Å². The Morgan fingerprint density at radius 3 is 2.38 bits per heavy atom. The fourth-order valence-corrected chi connectivity index (χ4v) is 0.894. The molecule has 2 N–H and O–H groups in total. The van der Waals surface area contributed by atoms with Gasteiger partial charge in [-0.3, -0.25) is 0 Å². The van der Waals surface area contributed by atoms with E-state index in [0.717, 1.165) is 0 Å². The molecule has 1 aromatic heterocycles. The van der Waals surface area contributed by atoms with Gasteiger partial charge in [0.2, 0.25) is 11.8 Å². The molecule has 0 aliphatic heterocycles. The molecule has 1 aromatic rings. The van der Waals surface area contributed by atoms with Crippen molar-refractivity contribution in [3.05, 3.63) is 11.8 Å². The average Bonchev–Trinajstić information content (AvgIpc) is 2.48. The van der Waals surface area contributed by atoms with Crippen LogP contribution in [0, 0.1) is 5.41 Å². The van der Waals surface area contributed by atoms with Crippen molar-refractivity contribution < 1.29 is 4.42 Å². The molecule has 4 heteroatoms. The summed E-state index contributed by atoms with van der Waals surface area (Å²) in [7, 11) is 0. The van der Waals surface area contributed by atoms with E-state index < -0.39 is 0 Å².